The number of aliphatic hydroxyl groups is 1. The van der Waals surface area contributed by atoms with Gasteiger partial charge in [0, 0.05) is 63.5 Å². The molecule has 6 rings (SSSR count). The van der Waals surface area contributed by atoms with E-state index in [-0.39, 0.29) is 17.8 Å². The lowest BCUT2D eigenvalue weighted by atomic mass is 10.1. The first-order chi connectivity index (χ1) is 19.3. The minimum Gasteiger partial charge on any atom is -0.389 e. The smallest absolute Gasteiger partial charge is 0.236 e. The highest BCUT2D eigenvalue weighted by molar-refractivity contribution is 7.14. The number of thiazole rings is 1. The lowest BCUT2D eigenvalue weighted by molar-refractivity contribution is -0.142. The number of anilines is 3. The molecule has 0 radical (unpaired) electrons. The van der Waals surface area contributed by atoms with E-state index in [2.05, 4.69) is 45.2 Å². The number of aryl methyl sites for hydroxylation is 2. The molecule has 0 bridgehead atoms. The molecular weight excluding hydrogens is 529 g/mol. The van der Waals surface area contributed by atoms with Crippen LogP contribution in [0.4, 0.5) is 21.0 Å². The molecular formula is C29H34FN7O2S. The highest BCUT2D eigenvalue weighted by Gasteiger charge is 2.30. The number of nitrogens with zero attached hydrogens (tertiary/aromatic N) is 7. The molecule has 1 amide bonds. The number of β-amino-alcohol motifs (C(OH)–C–C–N with tert-alkyl or cyclic N) is 1. The number of aliphatic hydroxyl groups excluding tert-OH is 1. The second kappa shape index (κ2) is 10.8. The molecule has 11 heteroatoms. The second-order valence-corrected chi connectivity index (χ2v) is 11.4. The number of piperazine rings is 1. The molecule has 2 aliphatic rings. The Hall–Kier alpha value is -3.54. The van der Waals surface area contributed by atoms with Crippen molar-refractivity contribution in [3.05, 3.63) is 59.0 Å². The molecule has 5 heterocycles. The molecule has 2 saturated heterocycles. The lowest BCUT2D eigenvalue weighted by Crippen LogP contribution is -2.57. The normalized spacial score (nSPS) is 16.5. The molecule has 40 heavy (non-hydrogen) atoms. The SMILES string of the molecule is CCc1nc2c(C)cc(N3CCN(CC(=O)N4CC(O)C4)CC3)cn2c1N(C)c1nc(-c2ccc(F)cc2)cs1. The lowest BCUT2D eigenvalue weighted by Gasteiger charge is -2.39. The summed E-state index contributed by atoms with van der Waals surface area (Å²) in [7, 11) is 2.02. The Labute approximate surface area is 237 Å². The third-order valence-corrected chi connectivity index (χ3v) is 8.73. The molecule has 0 unspecified atom stereocenters. The van der Waals surface area contributed by atoms with Gasteiger partial charge < -0.3 is 19.8 Å². The first kappa shape index (κ1) is 26.7. The van der Waals surface area contributed by atoms with Gasteiger partial charge >= 0.3 is 0 Å². The van der Waals surface area contributed by atoms with Crippen LogP contribution >= 0.6 is 11.3 Å². The van der Waals surface area contributed by atoms with Gasteiger partial charge in [-0.25, -0.2) is 14.4 Å². The van der Waals surface area contributed by atoms with Crippen molar-refractivity contribution in [2.24, 2.45) is 0 Å². The third-order valence-electron chi connectivity index (χ3n) is 7.82. The van der Waals surface area contributed by atoms with Gasteiger partial charge in [-0.2, -0.15) is 0 Å². The minimum absolute atomic E-state index is 0.0963. The molecule has 1 aromatic carbocycles. The fraction of sp³-hybridized carbons (Fsp3) is 0.414. The molecule has 210 valence electrons. The van der Waals surface area contributed by atoms with Gasteiger partial charge in [-0.1, -0.05) is 6.92 Å². The predicted molar refractivity (Wildman–Crippen MR) is 156 cm³/mol. The zero-order valence-corrected chi connectivity index (χ0v) is 23.9. The molecule has 0 aliphatic carbocycles. The van der Waals surface area contributed by atoms with E-state index in [1.807, 2.05) is 12.4 Å². The van der Waals surface area contributed by atoms with Gasteiger partial charge in [0.2, 0.25) is 5.91 Å². The Kier molecular flexibility index (Phi) is 7.20. The molecule has 2 aliphatic heterocycles. The number of benzene rings is 1. The third kappa shape index (κ3) is 5.04. The average Bonchev–Trinajstić information content (AvgIpc) is 3.57. The predicted octanol–water partition coefficient (Wildman–Crippen LogP) is 3.56. The van der Waals surface area contributed by atoms with Crippen LogP contribution in [0.1, 0.15) is 18.2 Å². The van der Waals surface area contributed by atoms with Crippen LogP contribution in [0.25, 0.3) is 16.9 Å². The summed E-state index contributed by atoms with van der Waals surface area (Å²) >= 11 is 1.55. The summed E-state index contributed by atoms with van der Waals surface area (Å²) in [6, 6.07) is 8.61. The van der Waals surface area contributed by atoms with Gasteiger partial charge in [0.25, 0.3) is 0 Å². The van der Waals surface area contributed by atoms with Crippen molar-refractivity contribution in [2.75, 3.05) is 62.7 Å². The van der Waals surface area contributed by atoms with Crippen molar-refractivity contribution in [3.8, 4) is 11.3 Å². The van der Waals surface area contributed by atoms with Crippen molar-refractivity contribution in [1.29, 1.82) is 0 Å². The van der Waals surface area contributed by atoms with Crippen LogP contribution < -0.4 is 9.80 Å². The number of rotatable bonds is 7. The largest absolute Gasteiger partial charge is 0.389 e. The topological polar surface area (TPSA) is 80.5 Å². The second-order valence-electron chi connectivity index (χ2n) is 10.6. The van der Waals surface area contributed by atoms with Crippen LogP contribution in [0.15, 0.2) is 41.9 Å². The Morgan fingerprint density at radius 1 is 1.15 bits per heavy atom. The van der Waals surface area contributed by atoms with E-state index in [9.17, 15) is 14.3 Å². The zero-order chi connectivity index (χ0) is 28.0. The zero-order valence-electron chi connectivity index (χ0n) is 23.0. The first-order valence-electron chi connectivity index (χ1n) is 13.7. The number of halogens is 1. The molecule has 0 atom stereocenters. The van der Waals surface area contributed by atoms with E-state index in [1.165, 1.54) is 12.1 Å². The van der Waals surface area contributed by atoms with E-state index in [0.29, 0.717) is 19.6 Å². The Morgan fingerprint density at radius 3 is 2.55 bits per heavy atom. The number of hydrogen-bond donors (Lipinski definition) is 1. The summed E-state index contributed by atoms with van der Waals surface area (Å²) in [6.07, 6.45) is 2.58. The minimum atomic E-state index is -0.369. The molecule has 1 N–H and O–H groups in total. The first-order valence-corrected chi connectivity index (χ1v) is 14.6. The highest BCUT2D eigenvalue weighted by atomic mass is 32.1. The van der Waals surface area contributed by atoms with Crippen LogP contribution in [-0.4, -0.2) is 94.1 Å². The summed E-state index contributed by atoms with van der Waals surface area (Å²) in [6.45, 7) is 8.79. The van der Waals surface area contributed by atoms with Crippen molar-refractivity contribution in [2.45, 2.75) is 26.4 Å². The van der Waals surface area contributed by atoms with Gasteiger partial charge in [0.15, 0.2) is 5.13 Å². The van der Waals surface area contributed by atoms with Crippen LogP contribution in [0.2, 0.25) is 0 Å². The van der Waals surface area contributed by atoms with E-state index in [1.54, 1.807) is 28.4 Å². The number of likely N-dealkylation sites (tertiary alicyclic amines) is 1. The van der Waals surface area contributed by atoms with Crippen molar-refractivity contribution < 1.29 is 14.3 Å². The van der Waals surface area contributed by atoms with Crippen molar-refractivity contribution in [1.82, 2.24) is 24.2 Å². The number of pyridine rings is 1. The van der Waals surface area contributed by atoms with Crippen molar-refractivity contribution in [3.63, 3.8) is 0 Å². The maximum Gasteiger partial charge on any atom is 0.236 e. The van der Waals surface area contributed by atoms with Gasteiger partial charge in [0.05, 0.1) is 29.7 Å². The van der Waals surface area contributed by atoms with Crippen LogP contribution in [0.3, 0.4) is 0 Å². The number of carbonyl (C=O) groups is 1. The van der Waals surface area contributed by atoms with Crippen LogP contribution in [-0.2, 0) is 11.2 Å². The van der Waals surface area contributed by atoms with Gasteiger partial charge in [-0.15, -0.1) is 11.3 Å². The van der Waals surface area contributed by atoms with Crippen LogP contribution in [0.5, 0.6) is 0 Å². The molecule has 4 aromatic rings. The van der Waals surface area contributed by atoms with Crippen LogP contribution in [0, 0.1) is 12.7 Å². The Morgan fingerprint density at radius 2 is 1.88 bits per heavy atom. The maximum absolute atomic E-state index is 13.4. The average molecular weight is 564 g/mol. The number of imidazole rings is 1. The fourth-order valence-electron chi connectivity index (χ4n) is 5.47. The summed E-state index contributed by atoms with van der Waals surface area (Å²) in [5, 5.41) is 12.3. The maximum atomic E-state index is 13.4. The number of aromatic nitrogens is 3. The van der Waals surface area contributed by atoms with E-state index >= 15 is 0 Å². The van der Waals surface area contributed by atoms with Gasteiger partial charge in [-0.05, 0) is 49.2 Å². The highest BCUT2D eigenvalue weighted by Crippen LogP contribution is 2.35. The fourth-order valence-corrected chi connectivity index (χ4v) is 6.27. The standard InChI is InChI=1S/C29H34FN7O2S/c1-4-24-28(33(3)29-32-25(18-40-29)20-5-7-21(30)8-6-20)37-14-22(13-19(2)27(37)31-24)35-11-9-34(10-12-35)17-26(39)36-15-23(38)16-36/h5-8,13-14,18,23,38H,4,9-12,15-17H2,1-3H3. The summed E-state index contributed by atoms with van der Waals surface area (Å²) in [5.74, 6) is 0.825. The van der Waals surface area contributed by atoms with Gasteiger partial charge in [0.1, 0.15) is 17.3 Å². The molecule has 2 fully saturated rings. The van der Waals surface area contributed by atoms with Crippen molar-refractivity contribution >= 4 is 39.5 Å². The molecule has 9 nitrogen and oxygen atoms in total. The Balaban J connectivity index is 1.23. The number of hydrogen-bond acceptors (Lipinski definition) is 8. The summed E-state index contributed by atoms with van der Waals surface area (Å²) < 4.78 is 15.6. The molecule has 0 spiro atoms. The monoisotopic (exact) mass is 563 g/mol. The quantitative estimate of drug-likeness (QED) is 0.368. The molecule has 3 aromatic heterocycles. The summed E-state index contributed by atoms with van der Waals surface area (Å²) in [4.78, 5) is 30.7. The Bertz CT molecular complexity index is 1520. The number of amides is 1. The van der Waals surface area contributed by atoms with E-state index in [0.717, 1.165) is 77.4 Å². The molecule has 0 saturated carbocycles. The van der Waals surface area contributed by atoms with E-state index < -0.39 is 0 Å². The number of fused-ring (bicyclic) bond motifs is 1. The number of carbonyl (C=O) groups excluding carboxylic acids is 1. The van der Waals surface area contributed by atoms with E-state index in [4.69, 9.17) is 9.97 Å². The summed E-state index contributed by atoms with van der Waals surface area (Å²) in [5.41, 5.74) is 5.86. The van der Waals surface area contributed by atoms with Gasteiger partial charge in [-0.3, -0.25) is 14.1 Å².